The van der Waals surface area contributed by atoms with Gasteiger partial charge in [-0.2, -0.15) is 0 Å². The standard InChI is InChI=1S/C24H28N4O4S/c1-16-27-21(22(33-16)24(29)26-2)17-6-10-19(11-7-17)31-14-4-3-5-15-32-20-12-8-18(9-13-20)23(25)28-30/h6-13,30H,3-5,14-15H2,1-2H3,(H2,25,28)(H,26,29). The van der Waals surface area contributed by atoms with Crippen LogP contribution in [0.5, 0.6) is 11.5 Å². The van der Waals surface area contributed by atoms with Crippen LogP contribution in [0.2, 0.25) is 0 Å². The Hall–Kier alpha value is -3.59. The van der Waals surface area contributed by atoms with Crippen LogP contribution in [0.15, 0.2) is 53.7 Å². The molecule has 0 saturated carbocycles. The summed E-state index contributed by atoms with van der Waals surface area (Å²) in [6.45, 7) is 3.12. The molecule has 0 unspecified atom stereocenters. The minimum Gasteiger partial charge on any atom is -0.494 e. The number of benzene rings is 2. The molecule has 0 saturated heterocycles. The molecule has 0 fully saturated rings. The number of nitrogens with one attached hydrogen (secondary N) is 1. The summed E-state index contributed by atoms with van der Waals surface area (Å²) in [5, 5.41) is 15.2. The molecule has 0 bridgehead atoms. The van der Waals surface area contributed by atoms with Gasteiger partial charge in [0.05, 0.1) is 23.9 Å². The highest BCUT2D eigenvalue weighted by atomic mass is 32.1. The number of hydrogen-bond donors (Lipinski definition) is 3. The number of ether oxygens (including phenoxy) is 2. The highest BCUT2D eigenvalue weighted by molar-refractivity contribution is 7.14. The smallest absolute Gasteiger partial charge is 0.263 e. The molecule has 0 aliphatic carbocycles. The largest absolute Gasteiger partial charge is 0.494 e. The van der Waals surface area contributed by atoms with Gasteiger partial charge in [-0.25, -0.2) is 4.98 Å². The van der Waals surface area contributed by atoms with Crippen molar-refractivity contribution < 1.29 is 19.5 Å². The molecule has 0 spiro atoms. The maximum atomic E-state index is 12.1. The molecule has 1 heterocycles. The topological polar surface area (TPSA) is 119 Å². The van der Waals surface area contributed by atoms with Crippen LogP contribution in [0.25, 0.3) is 11.3 Å². The Morgan fingerprint density at radius 3 is 2.15 bits per heavy atom. The molecule has 0 atom stereocenters. The molecule has 33 heavy (non-hydrogen) atoms. The van der Waals surface area contributed by atoms with Gasteiger partial charge in [-0.3, -0.25) is 4.79 Å². The van der Waals surface area contributed by atoms with Gasteiger partial charge in [-0.1, -0.05) is 5.16 Å². The van der Waals surface area contributed by atoms with E-state index in [-0.39, 0.29) is 11.7 Å². The molecular formula is C24H28N4O4S. The van der Waals surface area contributed by atoms with Gasteiger partial charge in [0.1, 0.15) is 16.4 Å². The molecule has 0 aliphatic heterocycles. The number of nitrogens with zero attached hydrogens (tertiary/aromatic N) is 2. The number of aryl methyl sites for hydroxylation is 1. The van der Waals surface area contributed by atoms with Gasteiger partial charge < -0.3 is 25.7 Å². The first kappa shape index (κ1) is 24.1. The number of hydrogen-bond acceptors (Lipinski definition) is 7. The summed E-state index contributed by atoms with van der Waals surface area (Å²) in [5.74, 6) is 1.48. The van der Waals surface area contributed by atoms with Crippen molar-refractivity contribution in [2.45, 2.75) is 26.2 Å². The van der Waals surface area contributed by atoms with E-state index in [4.69, 9.17) is 20.4 Å². The second-order valence-electron chi connectivity index (χ2n) is 7.28. The van der Waals surface area contributed by atoms with Crippen molar-refractivity contribution in [3.63, 3.8) is 0 Å². The molecule has 2 aromatic carbocycles. The number of amidine groups is 1. The van der Waals surface area contributed by atoms with E-state index in [1.54, 1.807) is 31.3 Å². The molecule has 0 aliphatic rings. The van der Waals surface area contributed by atoms with Gasteiger partial charge in [0.15, 0.2) is 5.84 Å². The lowest BCUT2D eigenvalue weighted by atomic mass is 10.1. The zero-order chi connectivity index (χ0) is 23.6. The summed E-state index contributed by atoms with van der Waals surface area (Å²) in [4.78, 5) is 17.2. The van der Waals surface area contributed by atoms with E-state index in [9.17, 15) is 4.79 Å². The Kier molecular flexibility index (Phi) is 8.65. The lowest BCUT2D eigenvalue weighted by molar-refractivity contribution is 0.0967. The van der Waals surface area contributed by atoms with Crippen LogP contribution in [-0.2, 0) is 0 Å². The second-order valence-corrected chi connectivity index (χ2v) is 8.48. The number of carbonyl (C=O) groups excluding carboxylic acids is 1. The van der Waals surface area contributed by atoms with Crippen molar-refractivity contribution in [3.05, 3.63) is 64.0 Å². The van der Waals surface area contributed by atoms with Crippen LogP contribution in [-0.4, -0.2) is 42.2 Å². The van der Waals surface area contributed by atoms with Gasteiger partial charge >= 0.3 is 0 Å². The van der Waals surface area contributed by atoms with E-state index in [0.717, 1.165) is 41.3 Å². The number of amides is 1. The number of unbranched alkanes of at least 4 members (excludes halogenated alkanes) is 2. The second kappa shape index (κ2) is 11.9. The average molecular weight is 469 g/mol. The molecule has 174 valence electrons. The van der Waals surface area contributed by atoms with Crippen molar-refractivity contribution >= 4 is 23.1 Å². The first-order chi connectivity index (χ1) is 16.0. The Morgan fingerprint density at radius 1 is 1.03 bits per heavy atom. The summed E-state index contributed by atoms with van der Waals surface area (Å²) in [5.41, 5.74) is 7.77. The van der Waals surface area contributed by atoms with Gasteiger partial charge in [0, 0.05) is 18.2 Å². The number of aromatic nitrogens is 1. The SMILES string of the molecule is CNC(=O)c1sc(C)nc1-c1ccc(OCCCCCOc2ccc(C(N)=NO)cc2)cc1. The molecule has 9 heteroatoms. The van der Waals surface area contributed by atoms with Crippen LogP contribution < -0.4 is 20.5 Å². The number of carbonyl (C=O) groups is 1. The molecule has 3 aromatic rings. The summed E-state index contributed by atoms with van der Waals surface area (Å²) >= 11 is 1.39. The fraction of sp³-hybridized carbons (Fsp3) is 0.292. The monoisotopic (exact) mass is 468 g/mol. The molecule has 1 aromatic heterocycles. The predicted octanol–water partition coefficient (Wildman–Crippen LogP) is 4.20. The quantitative estimate of drug-likeness (QED) is 0.128. The maximum Gasteiger partial charge on any atom is 0.263 e. The third-order valence-corrected chi connectivity index (χ3v) is 5.85. The van der Waals surface area contributed by atoms with Crippen molar-refractivity contribution in [1.29, 1.82) is 0 Å². The molecular weight excluding hydrogens is 440 g/mol. The van der Waals surface area contributed by atoms with E-state index < -0.39 is 0 Å². The Morgan fingerprint density at radius 2 is 1.61 bits per heavy atom. The van der Waals surface area contributed by atoms with Crippen LogP contribution in [0.1, 0.15) is 39.5 Å². The van der Waals surface area contributed by atoms with E-state index in [1.165, 1.54) is 11.3 Å². The first-order valence-electron chi connectivity index (χ1n) is 10.7. The van der Waals surface area contributed by atoms with Crippen LogP contribution in [0.3, 0.4) is 0 Å². The van der Waals surface area contributed by atoms with E-state index in [1.807, 2.05) is 31.2 Å². The number of oxime groups is 1. The van der Waals surface area contributed by atoms with Crippen molar-refractivity contribution in [1.82, 2.24) is 10.3 Å². The zero-order valence-corrected chi connectivity index (χ0v) is 19.5. The highest BCUT2D eigenvalue weighted by Gasteiger charge is 2.17. The average Bonchev–Trinajstić information content (AvgIpc) is 3.24. The van der Waals surface area contributed by atoms with E-state index in [0.29, 0.717) is 29.3 Å². The first-order valence-corrected chi connectivity index (χ1v) is 11.5. The number of thiazole rings is 1. The minimum atomic E-state index is -0.127. The molecule has 8 nitrogen and oxygen atoms in total. The van der Waals surface area contributed by atoms with Crippen molar-refractivity contribution in [2.24, 2.45) is 10.9 Å². The summed E-state index contributed by atoms with van der Waals surface area (Å²) in [6, 6.07) is 14.7. The normalized spacial score (nSPS) is 11.3. The zero-order valence-electron chi connectivity index (χ0n) is 18.7. The number of nitrogens with two attached hydrogens (primary N) is 1. The van der Waals surface area contributed by atoms with Crippen LogP contribution in [0.4, 0.5) is 0 Å². The minimum absolute atomic E-state index is 0.0723. The van der Waals surface area contributed by atoms with Crippen molar-refractivity contribution in [2.75, 3.05) is 20.3 Å². The summed E-state index contributed by atoms with van der Waals surface area (Å²) in [6.07, 6.45) is 2.81. The van der Waals surface area contributed by atoms with Gasteiger partial charge in [-0.15, -0.1) is 11.3 Å². The number of rotatable bonds is 11. The van der Waals surface area contributed by atoms with Gasteiger partial charge in [0.25, 0.3) is 5.91 Å². The molecule has 0 radical (unpaired) electrons. The summed E-state index contributed by atoms with van der Waals surface area (Å²) < 4.78 is 11.5. The Labute approximate surface area is 197 Å². The third-order valence-electron chi connectivity index (χ3n) is 4.88. The third kappa shape index (κ3) is 6.69. The highest BCUT2D eigenvalue weighted by Crippen LogP contribution is 2.29. The molecule has 4 N–H and O–H groups in total. The van der Waals surface area contributed by atoms with E-state index >= 15 is 0 Å². The van der Waals surface area contributed by atoms with Gasteiger partial charge in [-0.05, 0) is 74.7 Å². The fourth-order valence-electron chi connectivity index (χ4n) is 3.14. The van der Waals surface area contributed by atoms with Gasteiger partial charge in [0.2, 0.25) is 0 Å². The summed E-state index contributed by atoms with van der Waals surface area (Å²) in [7, 11) is 1.62. The van der Waals surface area contributed by atoms with Crippen LogP contribution >= 0.6 is 11.3 Å². The lowest BCUT2D eigenvalue weighted by Gasteiger charge is -2.09. The molecule has 1 amide bonds. The predicted molar refractivity (Wildman–Crippen MR) is 129 cm³/mol. The Balaban J connectivity index is 1.37. The Bertz CT molecular complexity index is 1080. The molecule has 3 rings (SSSR count). The van der Waals surface area contributed by atoms with Crippen LogP contribution in [0, 0.1) is 6.92 Å². The lowest BCUT2D eigenvalue weighted by Crippen LogP contribution is -2.17. The maximum absolute atomic E-state index is 12.1. The fourth-order valence-corrected chi connectivity index (χ4v) is 4.03. The van der Waals surface area contributed by atoms with Crippen molar-refractivity contribution in [3.8, 4) is 22.8 Å². The van der Waals surface area contributed by atoms with E-state index in [2.05, 4.69) is 15.5 Å².